The number of aryl methyl sites for hydroxylation is 1. The first-order valence-electron chi connectivity index (χ1n) is 4.92. The number of nitrogens with one attached hydrogen (secondary N) is 1. The molecule has 0 saturated carbocycles. The second-order valence-electron chi connectivity index (χ2n) is 3.44. The van der Waals surface area contributed by atoms with Crippen molar-refractivity contribution in [3.63, 3.8) is 0 Å². The Labute approximate surface area is 88.2 Å². The third-order valence-electron chi connectivity index (χ3n) is 2.46. The molecule has 1 heterocycles. The first-order valence-corrected chi connectivity index (χ1v) is 4.92. The minimum Gasteiger partial charge on any atom is -0.408 e. The summed E-state index contributed by atoms with van der Waals surface area (Å²) in [6.07, 6.45) is 1.12. The molecule has 0 aromatic carbocycles. The number of hydrogen-bond donors (Lipinski definition) is 2. The third-order valence-corrected chi connectivity index (χ3v) is 2.46. The molecule has 0 aliphatic heterocycles. The fourth-order valence-corrected chi connectivity index (χ4v) is 1.14. The molecule has 6 heteroatoms. The van der Waals surface area contributed by atoms with Gasteiger partial charge in [-0.15, -0.1) is 5.10 Å². The summed E-state index contributed by atoms with van der Waals surface area (Å²) in [6.45, 7) is 5.38. The van der Waals surface area contributed by atoms with Crippen LogP contribution in [0.1, 0.15) is 32.6 Å². The number of rotatable bonds is 4. The van der Waals surface area contributed by atoms with Crippen LogP contribution in [0.25, 0.3) is 0 Å². The van der Waals surface area contributed by atoms with Crippen LogP contribution in [0.15, 0.2) is 4.42 Å². The van der Waals surface area contributed by atoms with Gasteiger partial charge < -0.3 is 10.2 Å². The quantitative estimate of drug-likeness (QED) is 0.771. The molecule has 0 radical (unpaired) electrons. The Morgan fingerprint density at radius 2 is 2.07 bits per heavy atom. The topological polar surface area (TPSA) is 94.0 Å². The summed E-state index contributed by atoms with van der Waals surface area (Å²) in [6, 6.07) is 0.0919. The monoisotopic (exact) mass is 212 g/mol. The summed E-state index contributed by atoms with van der Waals surface area (Å²) < 4.78 is 5.03. The Morgan fingerprint density at radius 1 is 1.47 bits per heavy atom. The molecule has 0 spiro atoms. The van der Waals surface area contributed by atoms with Crippen LogP contribution >= 0.6 is 0 Å². The van der Waals surface area contributed by atoms with Crippen LogP contribution in [0.5, 0.6) is 0 Å². The second-order valence-corrected chi connectivity index (χ2v) is 3.44. The first-order chi connectivity index (χ1) is 7.01. The van der Waals surface area contributed by atoms with Gasteiger partial charge in [0.1, 0.15) is 0 Å². The second kappa shape index (κ2) is 4.39. The minimum atomic E-state index is -0.873. The molecule has 0 unspecified atom stereocenters. The van der Waals surface area contributed by atoms with E-state index < -0.39 is 5.54 Å². The number of aromatic nitrogens is 2. The van der Waals surface area contributed by atoms with Crippen LogP contribution in [0, 0.1) is 6.92 Å². The highest BCUT2D eigenvalue weighted by Gasteiger charge is 2.30. The van der Waals surface area contributed by atoms with E-state index in [2.05, 4.69) is 15.5 Å². The maximum Gasteiger partial charge on any atom is 0.322 e. The first kappa shape index (κ1) is 11.6. The van der Waals surface area contributed by atoms with Crippen molar-refractivity contribution in [2.45, 2.75) is 39.2 Å². The molecule has 3 N–H and O–H groups in total. The van der Waals surface area contributed by atoms with E-state index >= 15 is 0 Å². The standard InChI is InChI=1S/C9H16N4O2/c1-4-9(10,5-2)7(14)11-8-13-12-6(3)15-8/h4-5,10H2,1-3H3,(H,11,13,14). The van der Waals surface area contributed by atoms with Gasteiger partial charge in [0.05, 0.1) is 5.54 Å². The maximum absolute atomic E-state index is 11.7. The lowest BCUT2D eigenvalue weighted by Crippen LogP contribution is -2.50. The van der Waals surface area contributed by atoms with Crippen molar-refractivity contribution < 1.29 is 9.21 Å². The molecule has 1 amide bonds. The Kier molecular flexibility index (Phi) is 3.41. The Bertz CT molecular complexity index is 344. The van der Waals surface area contributed by atoms with E-state index in [4.69, 9.17) is 10.2 Å². The number of carbonyl (C=O) groups is 1. The van der Waals surface area contributed by atoms with Gasteiger partial charge >= 0.3 is 6.01 Å². The SMILES string of the molecule is CCC(N)(CC)C(=O)Nc1nnc(C)o1. The van der Waals surface area contributed by atoms with Crippen LogP contribution in [0.4, 0.5) is 6.01 Å². The molecule has 1 aromatic heterocycles. The van der Waals surface area contributed by atoms with Crippen molar-refractivity contribution in [1.82, 2.24) is 10.2 Å². The van der Waals surface area contributed by atoms with Crippen molar-refractivity contribution in [3.05, 3.63) is 5.89 Å². The predicted molar refractivity (Wildman–Crippen MR) is 55.2 cm³/mol. The van der Waals surface area contributed by atoms with Gasteiger partial charge in [0, 0.05) is 6.92 Å². The van der Waals surface area contributed by atoms with Crippen LogP contribution in [-0.2, 0) is 4.79 Å². The highest BCUT2D eigenvalue weighted by Crippen LogP contribution is 2.14. The number of amides is 1. The summed E-state index contributed by atoms with van der Waals surface area (Å²) in [4.78, 5) is 11.7. The molecule has 0 fully saturated rings. The molecule has 0 aliphatic rings. The van der Waals surface area contributed by atoms with Crippen molar-refractivity contribution in [3.8, 4) is 0 Å². The highest BCUT2D eigenvalue weighted by molar-refractivity contribution is 5.96. The fraction of sp³-hybridized carbons (Fsp3) is 0.667. The van der Waals surface area contributed by atoms with Crippen molar-refractivity contribution in [1.29, 1.82) is 0 Å². The Balaban J connectivity index is 2.70. The van der Waals surface area contributed by atoms with E-state index in [0.29, 0.717) is 18.7 Å². The highest BCUT2D eigenvalue weighted by atomic mass is 16.4. The minimum absolute atomic E-state index is 0.0919. The number of anilines is 1. The summed E-state index contributed by atoms with van der Waals surface area (Å²) in [5.74, 6) is 0.108. The summed E-state index contributed by atoms with van der Waals surface area (Å²) >= 11 is 0. The van der Waals surface area contributed by atoms with Gasteiger partial charge in [-0.25, -0.2) is 0 Å². The van der Waals surface area contributed by atoms with Gasteiger partial charge in [-0.2, -0.15) is 0 Å². The number of nitrogens with zero attached hydrogens (tertiary/aromatic N) is 2. The van der Waals surface area contributed by atoms with Crippen molar-refractivity contribution >= 4 is 11.9 Å². The lowest BCUT2D eigenvalue weighted by atomic mass is 9.93. The zero-order chi connectivity index (χ0) is 11.5. The maximum atomic E-state index is 11.7. The van der Waals surface area contributed by atoms with E-state index in [-0.39, 0.29) is 11.9 Å². The normalized spacial score (nSPS) is 11.5. The van der Waals surface area contributed by atoms with Crippen LogP contribution in [-0.4, -0.2) is 21.6 Å². The molecule has 84 valence electrons. The molecule has 0 saturated heterocycles. The molecule has 15 heavy (non-hydrogen) atoms. The van der Waals surface area contributed by atoms with Gasteiger partial charge in [0.2, 0.25) is 11.8 Å². The van der Waals surface area contributed by atoms with Gasteiger partial charge in [-0.3, -0.25) is 10.1 Å². The zero-order valence-corrected chi connectivity index (χ0v) is 9.20. The lowest BCUT2D eigenvalue weighted by Gasteiger charge is -2.23. The van der Waals surface area contributed by atoms with Crippen molar-refractivity contribution in [2.24, 2.45) is 5.73 Å². The van der Waals surface area contributed by atoms with Crippen molar-refractivity contribution in [2.75, 3.05) is 5.32 Å². The smallest absolute Gasteiger partial charge is 0.322 e. The van der Waals surface area contributed by atoms with Gasteiger partial charge in [-0.05, 0) is 12.8 Å². The number of nitrogens with two attached hydrogens (primary N) is 1. The average molecular weight is 212 g/mol. The number of hydrogen-bond acceptors (Lipinski definition) is 5. The zero-order valence-electron chi connectivity index (χ0n) is 9.20. The van der Waals surface area contributed by atoms with Crippen LogP contribution in [0.2, 0.25) is 0 Å². The Hall–Kier alpha value is -1.43. The molecule has 0 aliphatic carbocycles. The third kappa shape index (κ3) is 2.53. The summed E-state index contributed by atoms with van der Waals surface area (Å²) in [5, 5.41) is 9.77. The van der Waals surface area contributed by atoms with Gasteiger partial charge in [0.15, 0.2) is 0 Å². The molecule has 1 aromatic rings. The van der Waals surface area contributed by atoms with Gasteiger partial charge in [-0.1, -0.05) is 18.9 Å². The molecule has 6 nitrogen and oxygen atoms in total. The molecule has 1 rings (SSSR count). The predicted octanol–water partition coefficient (Wildman–Crippen LogP) is 0.834. The average Bonchev–Trinajstić information content (AvgIpc) is 2.62. The lowest BCUT2D eigenvalue weighted by molar-refractivity contribution is -0.121. The van der Waals surface area contributed by atoms with E-state index in [1.807, 2.05) is 13.8 Å². The fourth-order valence-electron chi connectivity index (χ4n) is 1.14. The van der Waals surface area contributed by atoms with E-state index in [1.165, 1.54) is 0 Å². The molecular formula is C9H16N4O2. The molecule has 0 bridgehead atoms. The summed E-state index contributed by atoms with van der Waals surface area (Å²) in [7, 11) is 0. The number of carbonyl (C=O) groups excluding carboxylic acids is 1. The van der Waals surface area contributed by atoms with Gasteiger partial charge in [0.25, 0.3) is 0 Å². The summed E-state index contributed by atoms with van der Waals surface area (Å²) in [5.41, 5.74) is 5.02. The van der Waals surface area contributed by atoms with E-state index in [0.717, 1.165) is 0 Å². The Morgan fingerprint density at radius 3 is 2.47 bits per heavy atom. The van der Waals surface area contributed by atoms with E-state index in [1.54, 1.807) is 6.92 Å². The van der Waals surface area contributed by atoms with Crippen LogP contribution < -0.4 is 11.1 Å². The molecule has 0 atom stereocenters. The van der Waals surface area contributed by atoms with E-state index in [9.17, 15) is 4.79 Å². The molecular weight excluding hydrogens is 196 g/mol. The largest absolute Gasteiger partial charge is 0.408 e. The van der Waals surface area contributed by atoms with Crippen LogP contribution in [0.3, 0.4) is 0 Å².